The van der Waals surface area contributed by atoms with Crippen molar-refractivity contribution in [2.45, 2.75) is 13.0 Å². The van der Waals surface area contributed by atoms with E-state index >= 15 is 0 Å². The van der Waals surface area contributed by atoms with Crippen molar-refractivity contribution >= 4 is 17.5 Å². The van der Waals surface area contributed by atoms with Crippen LogP contribution in [0.1, 0.15) is 17.3 Å². The number of rotatable bonds is 4. The van der Waals surface area contributed by atoms with Crippen molar-refractivity contribution in [1.82, 2.24) is 4.90 Å². The van der Waals surface area contributed by atoms with Crippen LogP contribution in [0.4, 0.5) is 0 Å². The fourth-order valence-corrected chi connectivity index (χ4v) is 1.51. The van der Waals surface area contributed by atoms with Gasteiger partial charge in [-0.1, -0.05) is 0 Å². The van der Waals surface area contributed by atoms with E-state index < -0.39 is 0 Å². The van der Waals surface area contributed by atoms with Crippen LogP contribution < -0.4 is 4.74 Å². The maximum absolute atomic E-state index is 12.1. The quantitative estimate of drug-likeness (QED) is 0.841. The molecule has 0 heterocycles. The Hall–Kier alpha value is -1.42. The van der Waals surface area contributed by atoms with E-state index in [1.807, 2.05) is 6.92 Å². The Morgan fingerprint density at radius 3 is 2.76 bits per heavy atom. The molecule has 0 aliphatic heterocycles. The Balaban J connectivity index is 3.02. The van der Waals surface area contributed by atoms with Crippen LogP contribution in [0.5, 0.6) is 11.5 Å². The summed E-state index contributed by atoms with van der Waals surface area (Å²) in [5.74, 6) is 0.518. The van der Waals surface area contributed by atoms with Gasteiger partial charge < -0.3 is 14.7 Å². The summed E-state index contributed by atoms with van der Waals surface area (Å²) in [6.07, 6.45) is 0. The van der Waals surface area contributed by atoms with Crippen molar-refractivity contribution in [1.29, 1.82) is 0 Å². The molecule has 0 saturated heterocycles. The van der Waals surface area contributed by atoms with Crippen molar-refractivity contribution in [3.05, 3.63) is 23.8 Å². The van der Waals surface area contributed by atoms with E-state index in [1.54, 1.807) is 13.1 Å². The highest BCUT2D eigenvalue weighted by Gasteiger charge is 2.20. The molecule has 1 atom stereocenters. The van der Waals surface area contributed by atoms with E-state index in [1.165, 1.54) is 24.1 Å². The van der Waals surface area contributed by atoms with E-state index in [2.05, 4.69) is 0 Å². The summed E-state index contributed by atoms with van der Waals surface area (Å²) < 4.78 is 5.02. The predicted octanol–water partition coefficient (Wildman–Crippen LogP) is 2.10. The Morgan fingerprint density at radius 1 is 1.59 bits per heavy atom. The van der Waals surface area contributed by atoms with Crippen molar-refractivity contribution in [3.63, 3.8) is 0 Å². The lowest BCUT2D eigenvalue weighted by Gasteiger charge is -2.23. The zero-order chi connectivity index (χ0) is 13.0. The normalized spacial score (nSPS) is 12.0. The van der Waals surface area contributed by atoms with Gasteiger partial charge in [-0.05, 0) is 25.1 Å². The van der Waals surface area contributed by atoms with Crippen molar-refractivity contribution in [3.8, 4) is 11.5 Å². The van der Waals surface area contributed by atoms with Gasteiger partial charge in [0.2, 0.25) is 0 Å². The van der Waals surface area contributed by atoms with Crippen molar-refractivity contribution < 1.29 is 14.6 Å². The first-order valence-electron chi connectivity index (χ1n) is 5.21. The van der Waals surface area contributed by atoms with Gasteiger partial charge in [-0.2, -0.15) is 0 Å². The molecule has 17 heavy (non-hydrogen) atoms. The van der Waals surface area contributed by atoms with Gasteiger partial charge in [0.25, 0.3) is 5.91 Å². The second-order valence-electron chi connectivity index (χ2n) is 3.80. The highest BCUT2D eigenvalue weighted by Crippen LogP contribution is 2.24. The average Bonchev–Trinajstić information content (AvgIpc) is 2.36. The van der Waals surface area contributed by atoms with Gasteiger partial charge in [0, 0.05) is 19.0 Å². The number of carbonyl (C=O) groups excluding carboxylic acids is 1. The van der Waals surface area contributed by atoms with Crippen LogP contribution in [0.15, 0.2) is 18.2 Å². The number of hydrogen-bond donors (Lipinski definition) is 1. The van der Waals surface area contributed by atoms with E-state index in [0.29, 0.717) is 11.6 Å². The third-order valence-electron chi connectivity index (χ3n) is 2.64. The summed E-state index contributed by atoms with van der Waals surface area (Å²) in [6, 6.07) is 4.44. The summed E-state index contributed by atoms with van der Waals surface area (Å²) in [4.78, 5) is 13.6. The van der Waals surface area contributed by atoms with Crippen LogP contribution in [0.3, 0.4) is 0 Å². The molecule has 1 N–H and O–H groups in total. The standard InChI is InChI=1S/C12H16ClNO3/c1-8(7-13)14(2)12(16)10-6-9(17-3)4-5-11(10)15/h4-6,8,15H,7H2,1-3H3. The van der Waals surface area contributed by atoms with E-state index in [-0.39, 0.29) is 23.3 Å². The summed E-state index contributed by atoms with van der Waals surface area (Å²) in [5, 5.41) is 9.67. The lowest BCUT2D eigenvalue weighted by atomic mass is 10.1. The molecule has 0 aliphatic rings. The SMILES string of the molecule is COc1ccc(O)c(C(=O)N(C)C(C)CCl)c1. The first kappa shape index (κ1) is 13.6. The number of ether oxygens (including phenoxy) is 1. The third-order valence-corrected chi connectivity index (χ3v) is 3.09. The molecule has 0 aromatic heterocycles. The number of hydrogen-bond acceptors (Lipinski definition) is 3. The van der Waals surface area contributed by atoms with Crippen LogP contribution in [0.25, 0.3) is 0 Å². The van der Waals surface area contributed by atoms with Gasteiger partial charge in [0.1, 0.15) is 11.5 Å². The first-order valence-corrected chi connectivity index (χ1v) is 5.74. The monoisotopic (exact) mass is 257 g/mol. The van der Waals surface area contributed by atoms with Gasteiger partial charge in [0.05, 0.1) is 12.7 Å². The highest BCUT2D eigenvalue weighted by atomic mass is 35.5. The predicted molar refractivity (Wildman–Crippen MR) is 66.9 cm³/mol. The Kier molecular flexibility index (Phi) is 4.63. The van der Waals surface area contributed by atoms with E-state index in [4.69, 9.17) is 16.3 Å². The maximum atomic E-state index is 12.1. The van der Waals surface area contributed by atoms with Gasteiger partial charge in [-0.15, -0.1) is 11.6 Å². The number of carbonyl (C=O) groups is 1. The fraction of sp³-hybridized carbons (Fsp3) is 0.417. The number of benzene rings is 1. The number of alkyl halides is 1. The number of halogens is 1. The maximum Gasteiger partial charge on any atom is 0.257 e. The van der Waals surface area contributed by atoms with Crippen molar-refractivity contribution in [2.75, 3.05) is 20.0 Å². The lowest BCUT2D eigenvalue weighted by Crippen LogP contribution is -2.36. The number of methoxy groups -OCH3 is 1. The van der Waals surface area contributed by atoms with Crippen LogP contribution >= 0.6 is 11.6 Å². The minimum atomic E-state index is -0.283. The zero-order valence-corrected chi connectivity index (χ0v) is 10.9. The fourth-order valence-electron chi connectivity index (χ4n) is 1.31. The first-order chi connectivity index (χ1) is 8.01. The minimum Gasteiger partial charge on any atom is -0.507 e. The molecule has 0 saturated carbocycles. The summed E-state index contributed by atoms with van der Waals surface area (Å²) in [5.41, 5.74) is 0.212. The second-order valence-corrected chi connectivity index (χ2v) is 4.11. The Bertz CT molecular complexity index is 409. The molecule has 0 radical (unpaired) electrons. The number of amides is 1. The smallest absolute Gasteiger partial charge is 0.257 e. The molecule has 0 fully saturated rings. The summed E-state index contributed by atoms with van der Waals surface area (Å²) in [6.45, 7) is 1.84. The molecule has 5 heteroatoms. The molecule has 1 aromatic rings. The molecule has 1 amide bonds. The molecule has 0 bridgehead atoms. The molecule has 1 aromatic carbocycles. The van der Waals surface area contributed by atoms with Crippen LogP contribution in [0.2, 0.25) is 0 Å². The molecule has 1 unspecified atom stereocenters. The second kappa shape index (κ2) is 5.77. The van der Waals surface area contributed by atoms with Gasteiger partial charge in [0.15, 0.2) is 0 Å². The third kappa shape index (κ3) is 3.03. The molecule has 0 spiro atoms. The number of phenolic OH excluding ortho intramolecular Hbond substituents is 1. The lowest BCUT2D eigenvalue weighted by molar-refractivity contribution is 0.0753. The Morgan fingerprint density at radius 2 is 2.24 bits per heavy atom. The van der Waals surface area contributed by atoms with Gasteiger partial charge in [-0.3, -0.25) is 4.79 Å². The van der Waals surface area contributed by atoms with E-state index in [0.717, 1.165) is 0 Å². The molecule has 1 rings (SSSR count). The topological polar surface area (TPSA) is 49.8 Å². The Labute approximate surface area is 106 Å². The molecule has 4 nitrogen and oxygen atoms in total. The minimum absolute atomic E-state index is 0.0653. The van der Waals surface area contributed by atoms with Gasteiger partial charge >= 0.3 is 0 Å². The largest absolute Gasteiger partial charge is 0.507 e. The molecule has 0 aliphatic carbocycles. The van der Waals surface area contributed by atoms with Gasteiger partial charge in [-0.25, -0.2) is 0 Å². The number of phenols is 1. The van der Waals surface area contributed by atoms with Crippen LogP contribution in [-0.4, -0.2) is 42.0 Å². The molecular formula is C12H16ClNO3. The number of aromatic hydroxyl groups is 1. The zero-order valence-electron chi connectivity index (χ0n) is 10.1. The van der Waals surface area contributed by atoms with Crippen molar-refractivity contribution in [2.24, 2.45) is 0 Å². The van der Waals surface area contributed by atoms with Crippen LogP contribution in [-0.2, 0) is 0 Å². The average molecular weight is 258 g/mol. The van der Waals surface area contributed by atoms with E-state index in [9.17, 15) is 9.90 Å². The van der Waals surface area contributed by atoms with Crippen LogP contribution in [0, 0.1) is 0 Å². The number of nitrogens with zero attached hydrogens (tertiary/aromatic N) is 1. The molecular weight excluding hydrogens is 242 g/mol. The highest BCUT2D eigenvalue weighted by molar-refractivity contribution is 6.18. The summed E-state index contributed by atoms with van der Waals surface area (Å²) >= 11 is 5.70. The summed E-state index contributed by atoms with van der Waals surface area (Å²) in [7, 11) is 3.15. The molecule has 94 valence electrons.